The van der Waals surface area contributed by atoms with E-state index in [1.165, 1.54) is 0 Å². The highest BCUT2D eigenvalue weighted by atomic mass is 16.5. The summed E-state index contributed by atoms with van der Waals surface area (Å²) in [6, 6.07) is 9.95. The molecule has 4 heterocycles. The molecule has 9 nitrogen and oxygen atoms in total. The van der Waals surface area contributed by atoms with Crippen LogP contribution in [0.4, 0.5) is 11.8 Å². The highest BCUT2D eigenvalue weighted by Gasteiger charge is 2.26. The van der Waals surface area contributed by atoms with Crippen LogP contribution in [0.15, 0.2) is 30.3 Å². The average molecular weight is 466 g/mol. The summed E-state index contributed by atoms with van der Waals surface area (Å²) < 4.78 is 16.7. The fourth-order valence-electron chi connectivity index (χ4n) is 4.61. The number of pyridine rings is 1. The van der Waals surface area contributed by atoms with Gasteiger partial charge in [0.15, 0.2) is 5.65 Å². The summed E-state index contributed by atoms with van der Waals surface area (Å²) in [6.07, 6.45) is 0.120. The Kier molecular flexibility index (Phi) is 6.49. The number of ether oxygens (including phenoxy) is 3. The predicted molar refractivity (Wildman–Crippen MR) is 130 cm³/mol. The van der Waals surface area contributed by atoms with Gasteiger partial charge in [-0.25, -0.2) is 4.98 Å². The molecule has 2 aliphatic heterocycles. The zero-order chi connectivity index (χ0) is 23.7. The first kappa shape index (κ1) is 22.8. The number of anilines is 2. The van der Waals surface area contributed by atoms with E-state index in [9.17, 15) is 5.11 Å². The lowest BCUT2D eigenvalue weighted by Crippen LogP contribution is -2.45. The smallest absolute Gasteiger partial charge is 0.229 e. The third kappa shape index (κ3) is 4.38. The molecule has 2 aromatic heterocycles. The first-order chi connectivity index (χ1) is 16.6. The fourth-order valence-corrected chi connectivity index (χ4v) is 4.61. The number of nitrogens with zero attached hydrogens (tertiary/aromatic N) is 5. The van der Waals surface area contributed by atoms with Gasteiger partial charge in [-0.05, 0) is 44.2 Å². The Labute approximate surface area is 199 Å². The number of hydrogen-bond donors (Lipinski definition) is 1. The molecule has 0 bridgehead atoms. The summed E-state index contributed by atoms with van der Waals surface area (Å²) >= 11 is 0. The molecule has 3 aromatic rings. The molecule has 34 heavy (non-hydrogen) atoms. The van der Waals surface area contributed by atoms with Crippen LogP contribution in [0.3, 0.4) is 0 Å². The van der Waals surface area contributed by atoms with Crippen LogP contribution in [-0.4, -0.2) is 78.8 Å². The Morgan fingerprint density at radius 3 is 2.74 bits per heavy atom. The van der Waals surface area contributed by atoms with E-state index >= 15 is 0 Å². The largest absolute Gasteiger partial charge is 0.496 e. The van der Waals surface area contributed by atoms with Gasteiger partial charge in [0.1, 0.15) is 11.6 Å². The zero-order valence-corrected chi connectivity index (χ0v) is 19.9. The quantitative estimate of drug-likeness (QED) is 0.610. The van der Waals surface area contributed by atoms with Crippen LogP contribution in [0, 0.1) is 0 Å². The van der Waals surface area contributed by atoms with E-state index in [4.69, 9.17) is 29.2 Å². The van der Waals surface area contributed by atoms with Gasteiger partial charge in [0.05, 0.1) is 56.8 Å². The monoisotopic (exact) mass is 465 g/mol. The van der Waals surface area contributed by atoms with Crippen molar-refractivity contribution in [2.45, 2.75) is 32.6 Å². The molecule has 2 fully saturated rings. The van der Waals surface area contributed by atoms with E-state index < -0.39 is 0 Å². The lowest BCUT2D eigenvalue weighted by molar-refractivity contribution is 0.0526. The Morgan fingerprint density at radius 1 is 1.09 bits per heavy atom. The third-order valence-electron chi connectivity index (χ3n) is 6.44. The number of aromatic nitrogens is 3. The fraction of sp³-hybridized carbons (Fsp3) is 0.480. The van der Waals surface area contributed by atoms with Crippen molar-refractivity contribution in [3.63, 3.8) is 0 Å². The number of aliphatic hydroxyl groups is 1. The van der Waals surface area contributed by atoms with Gasteiger partial charge in [-0.2, -0.15) is 9.97 Å². The first-order valence-corrected chi connectivity index (χ1v) is 11.7. The van der Waals surface area contributed by atoms with Crippen LogP contribution in [0.2, 0.25) is 0 Å². The number of aliphatic hydroxyl groups excluding tert-OH is 1. The van der Waals surface area contributed by atoms with Crippen LogP contribution < -0.4 is 14.5 Å². The summed E-state index contributed by atoms with van der Waals surface area (Å²) in [7, 11) is 1.60. The first-order valence-electron chi connectivity index (χ1n) is 11.7. The molecule has 1 aromatic carbocycles. The summed E-state index contributed by atoms with van der Waals surface area (Å²) in [5.41, 5.74) is 3.05. The zero-order valence-electron chi connectivity index (χ0n) is 19.9. The maximum absolute atomic E-state index is 9.75. The van der Waals surface area contributed by atoms with Crippen LogP contribution in [-0.2, 0) is 16.1 Å². The van der Waals surface area contributed by atoms with Crippen LogP contribution >= 0.6 is 0 Å². The van der Waals surface area contributed by atoms with E-state index in [0.29, 0.717) is 37.2 Å². The van der Waals surface area contributed by atoms with Crippen molar-refractivity contribution in [2.24, 2.45) is 0 Å². The van der Waals surface area contributed by atoms with Gasteiger partial charge in [-0.1, -0.05) is 0 Å². The second-order valence-electron chi connectivity index (χ2n) is 8.84. The Hall–Kier alpha value is -3.01. The number of hydrogen-bond acceptors (Lipinski definition) is 9. The molecule has 0 radical (unpaired) electrons. The van der Waals surface area contributed by atoms with Gasteiger partial charge < -0.3 is 29.1 Å². The van der Waals surface area contributed by atoms with E-state index in [-0.39, 0.29) is 18.8 Å². The minimum absolute atomic E-state index is 0.106. The molecular weight excluding hydrogens is 434 g/mol. The Morgan fingerprint density at radius 2 is 1.97 bits per heavy atom. The molecule has 2 saturated heterocycles. The van der Waals surface area contributed by atoms with Crippen LogP contribution in [0.1, 0.15) is 19.4 Å². The number of rotatable bonds is 5. The van der Waals surface area contributed by atoms with Gasteiger partial charge in [-0.3, -0.25) is 0 Å². The van der Waals surface area contributed by atoms with Crippen molar-refractivity contribution < 1.29 is 19.3 Å². The van der Waals surface area contributed by atoms with E-state index in [0.717, 1.165) is 47.7 Å². The average Bonchev–Trinajstić information content (AvgIpc) is 2.87. The Bertz CT molecular complexity index is 1170. The third-order valence-corrected chi connectivity index (χ3v) is 6.44. The highest BCUT2D eigenvalue weighted by molar-refractivity contribution is 5.90. The summed E-state index contributed by atoms with van der Waals surface area (Å²) in [6.45, 7) is 8.34. The minimum atomic E-state index is -0.106. The molecule has 180 valence electrons. The molecule has 2 atom stereocenters. The predicted octanol–water partition coefficient (Wildman–Crippen LogP) is 2.64. The maximum Gasteiger partial charge on any atom is 0.229 e. The van der Waals surface area contributed by atoms with Crippen molar-refractivity contribution in [1.29, 1.82) is 0 Å². The second kappa shape index (κ2) is 9.69. The molecule has 0 unspecified atom stereocenters. The number of benzene rings is 1. The van der Waals surface area contributed by atoms with Crippen LogP contribution in [0.25, 0.3) is 22.3 Å². The summed E-state index contributed by atoms with van der Waals surface area (Å²) in [5.74, 6) is 2.22. The van der Waals surface area contributed by atoms with Crippen molar-refractivity contribution in [3.05, 3.63) is 35.9 Å². The maximum atomic E-state index is 9.75. The molecule has 2 aliphatic rings. The number of fused-ring (bicyclic) bond motifs is 1. The molecule has 0 aliphatic carbocycles. The molecule has 1 N–H and O–H groups in total. The molecule has 9 heteroatoms. The van der Waals surface area contributed by atoms with Gasteiger partial charge >= 0.3 is 0 Å². The highest BCUT2D eigenvalue weighted by Crippen LogP contribution is 2.32. The number of methoxy groups -OCH3 is 1. The van der Waals surface area contributed by atoms with Crippen molar-refractivity contribution in [2.75, 3.05) is 56.4 Å². The van der Waals surface area contributed by atoms with E-state index in [1.807, 2.05) is 30.3 Å². The normalized spacial score (nSPS) is 21.2. The molecular formula is C25H31N5O4. The van der Waals surface area contributed by atoms with Gasteiger partial charge in [0.25, 0.3) is 0 Å². The lowest BCUT2D eigenvalue weighted by atomic mass is 10.1. The minimum Gasteiger partial charge on any atom is -0.496 e. The van der Waals surface area contributed by atoms with Gasteiger partial charge in [0, 0.05) is 30.8 Å². The summed E-state index contributed by atoms with van der Waals surface area (Å²) in [5, 5.41) is 10.7. The number of morpholine rings is 2. The lowest BCUT2D eigenvalue weighted by Gasteiger charge is -2.36. The Balaban J connectivity index is 1.62. The molecule has 0 amide bonds. The van der Waals surface area contributed by atoms with Crippen molar-refractivity contribution in [1.82, 2.24) is 15.0 Å². The van der Waals surface area contributed by atoms with E-state index in [1.54, 1.807) is 7.11 Å². The van der Waals surface area contributed by atoms with E-state index in [2.05, 4.69) is 23.6 Å². The SMILES string of the molecule is COc1ccc(-c2ccc3c(N4CCOC[C@@H]4C)nc(N4CCO[C@@H](C)C4)nc3n2)cc1CO. The molecule has 0 spiro atoms. The standard InChI is InChI=1S/C25H31N5O4/c1-16-15-33-10-9-30(16)24-20-5-6-21(18-4-7-22(32-3)19(12-18)14-31)26-23(20)27-25(28-24)29-8-11-34-17(2)13-29/h4-7,12,16-17,31H,8-11,13-15H2,1-3H3/t16-,17-/m0/s1. The van der Waals surface area contributed by atoms with Crippen LogP contribution in [0.5, 0.6) is 5.75 Å². The molecule has 0 saturated carbocycles. The van der Waals surface area contributed by atoms with Crippen molar-refractivity contribution in [3.8, 4) is 17.0 Å². The topological polar surface area (TPSA) is 93.1 Å². The van der Waals surface area contributed by atoms with Gasteiger partial charge in [0.2, 0.25) is 5.95 Å². The van der Waals surface area contributed by atoms with Gasteiger partial charge in [-0.15, -0.1) is 0 Å². The summed E-state index contributed by atoms with van der Waals surface area (Å²) in [4.78, 5) is 19.3. The van der Waals surface area contributed by atoms with Crippen molar-refractivity contribution >= 4 is 22.8 Å². The molecule has 5 rings (SSSR count). The second-order valence-corrected chi connectivity index (χ2v) is 8.84.